The van der Waals surface area contributed by atoms with E-state index in [0.29, 0.717) is 6.07 Å². The molecule has 100 valence electrons. The molecule has 0 aliphatic heterocycles. The molecule has 1 N–H and O–H groups in total. The Morgan fingerprint density at radius 3 is 2.16 bits per heavy atom. The lowest BCUT2D eigenvalue weighted by Gasteiger charge is -2.09. The molecule has 0 saturated heterocycles. The number of sulfonamides is 1. The molecule has 0 aromatic heterocycles. The van der Waals surface area contributed by atoms with E-state index < -0.39 is 21.7 Å². The normalized spacial score (nSPS) is 11.3. The number of hydrogen-bond donors (Lipinski definition) is 1. The largest absolute Gasteiger partial charge is 0.279 e. The van der Waals surface area contributed by atoms with E-state index in [9.17, 15) is 17.2 Å². The molecule has 0 aliphatic rings. The highest BCUT2D eigenvalue weighted by Gasteiger charge is 2.18. The van der Waals surface area contributed by atoms with E-state index in [1.165, 1.54) is 18.2 Å². The third kappa shape index (κ3) is 3.21. The Bertz CT molecular complexity index is 699. The van der Waals surface area contributed by atoms with Crippen molar-refractivity contribution in [3.63, 3.8) is 0 Å². The molecule has 2 aromatic carbocycles. The van der Waals surface area contributed by atoms with Crippen LogP contribution in [-0.2, 0) is 10.0 Å². The van der Waals surface area contributed by atoms with Crippen molar-refractivity contribution in [1.82, 2.24) is 0 Å². The zero-order valence-electron chi connectivity index (χ0n) is 9.40. The molecule has 2 rings (SSSR count). The van der Waals surface area contributed by atoms with Crippen LogP contribution in [0.2, 0.25) is 5.02 Å². The van der Waals surface area contributed by atoms with Crippen LogP contribution >= 0.6 is 11.6 Å². The average molecular weight is 304 g/mol. The van der Waals surface area contributed by atoms with Gasteiger partial charge in [-0.05, 0) is 24.3 Å². The van der Waals surface area contributed by atoms with Crippen LogP contribution in [0.4, 0.5) is 14.5 Å². The molecule has 2 aromatic rings. The summed E-state index contributed by atoms with van der Waals surface area (Å²) in [6.07, 6.45) is 0. The first-order valence-electron chi connectivity index (χ1n) is 5.12. The molecule has 3 nitrogen and oxygen atoms in total. The molecule has 0 saturated carbocycles. The predicted octanol–water partition coefficient (Wildman–Crippen LogP) is 3.42. The van der Waals surface area contributed by atoms with Crippen molar-refractivity contribution in [3.05, 3.63) is 59.1 Å². The van der Waals surface area contributed by atoms with Gasteiger partial charge < -0.3 is 0 Å². The maximum Gasteiger partial charge on any atom is 0.263 e. The van der Waals surface area contributed by atoms with Gasteiger partial charge >= 0.3 is 0 Å². The maximum absolute atomic E-state index is 13.0. The number of nitrogens with one attached hydrogen (secondary N) is 1. The van der Waals surface area contributed by atoms with Gasteiger partial charge in [0.15, 0.2) is 0 Å². The van der Waals surface area contributed by atoms with Gasteiger partial charge in [0.25, 0.3) is 10.0 Å². The van der Waals surface area contributed by atoms with Crippen molar-refractivity contribution in [2.75, 3.05) is 4.72 Å². The van der Waals surface area contributed by atoms with Gasteiger partial charge in [0.05, 0.1) is 10.7 Å². The molecule has 0 bridgehead atoms. The first-order valence-corrected chi connectivity index (χ1v) is 6.98. The average Bonchev–Trinajstić information content (AvgIpc) is 2.26. The van der Waals surface area contributed by atoms with Gasteiger partial charge in [-0.2, -0.15) is 0 Å². The zero-order valence-corrected chi connectivity index (χ0v) is 11.0. The summed E-state index contributed by atoms with van der Waals surface area (Å²) >= 11 is 5.77. The van der Waals surface area contributed by atoms with Crippen molar-refractivity contribution >= 4 is 27.3 Å². The van der Waals surface area contributed by atoms with E-state index >= 15 is 0 Å². The molecule has 0 radical (unpaired) electrons. The van der Waals surface area contributed by atoms with Gasteiger partial charge in [0.1, 0.15) is 16.5 Å². The van der Waals surface area contributed by atoms with E-state index in [-0.39, 0.29) is 15.6 Å². The summed E-state index contributed by atoms with van der Waals surface area (Å²) in [6.45, 7) is 0. The molecule has 0 aliphatic carbocycles. The summed E-state index contributed by atoms with van der Waals surface area (Å²) in [5.41, 5.74) is -0.211. The fraction of sp³-hybridized carbons (Fsp3) is 0. The second kappa shape index (κ2) is 5.14. The van der Waals surface area contributed by atoms with E-state index in [1.54, 1.807) is 6.07 Å². The van der Waals surface area contributed by atoms with Gasteiger partial charge in [0, 0.05) is 6.07 Å². The van der Waals surface area contributed by atoms with Gasteiger partial charge in [-0.25, -0.2) is 17.2 Å². The van der Waals surface area contributed by atoms with E-state index in [0.717, 1.165) is 12.1 Å². The summed E-state index contributed by atoms with van der Waals surface area (Å²) in [7, 11) is -3.99. The van der Waals surface area contributed by atoms with Crippen molar-refractivity contribution in [1.29, 1.82) is 0 Å². The lowest BCUT2D eigenvalue weighted by molar-refractivity contribution is 0.584. The summed E-state index contributed by atoms with van der Waals surface area (Å²) in [5.74, 6) is -1.76. The van der Waals surface area contributed by atoms with Gasteiger partial charge in [0.2, 0.25) is 0 Å². The summed E-state index contributed by atoms with van der Waals surface area (Å²) in [5, 5.41) is 0.0203. The molecule has 0 heterocycles. The number of hydrogen-bond acceptors (Lipinski definition) is 2. The highest BCUT2D eigenvalue weighted by molar-refractivity contribution is 7.92. The van der Waals surface area contributed by atoms with Crippen molar-refractivity contribution in [2.45, 2.75) is 4.90 Å². The monoisotopic (exact) mass is 303 g/mol. The fourth-order valence-corrected chi connectivity index (χ4v) is 3.05. The van der Waals surface area contributed by atoms with Crippen molar-refractivity contribution in [3.8, 4) is 0 Å². The lowest BCUT2D eigenvalue weighted by Crippen LogP contribution is -2.13. The molecular formula is C12H8ClF2NO2S. The first kappa shape index (κ1) is 13.8. The second-order valence-corrected chi connectivity index (χ2v) is 5.75. The molecule has 0 spiro atoms. The highest BCUT2D eigenvalue weighted by atomic mass is 35.5. The Morgan fingerprint density at radius 1 is 1.00 bits per heavy atom. The predicted molar refractivity (Wildman–Crippen MR) is 68.6 cm³/mol. The van der Waals surface area contributed by atoms with Crippen LogP contribution in [-0.4, -0.2) is 8.42 Å². The Balaban J connectivity index is 2.39. The maximum atomic E-state index is 13.0. The minimum Gasteiger partial charge on any atom is -0.279 e. The standard InChI is InChI=1S/C12H8ClF2NO2S/c13-11-3-1-2-4-12(11)19(17,18)16-10-6-8(14)5-9(15)7-10/h1-7,16H. The third-order valence-electron chi connectivity index (χ3n) is 2.24. The van der Waals surface area contributed by atoms with Crippen LogP contribution in [0.25, 0.3) is 0 Å². The topological polar surface area (TPSA) is 46.2 Å². The second-order valence-electron chi connectivity index (χ2n) is 3.69. The number of anilines is 1. The molecule has 0 fully saturated rings. The van der Waals surface area contributed by atoms with E-state index in [1.807, 2.05) is 0 Å². The Kier molecular flexibility index (Phi) is 3.73. The number of benzene rings is 2. The molecular weight excluding hydrogens is 296 g/mol. The highest BCUT2D eigenvalue weighted by Crippen LogP contribution is 2.23. The Morgan fingerprint density at radius 2 is 1.58 bits per heavy atom. The van der Waals surface area contributed by atoms with Crippen LogP contribution in [0, 0.1) is 11.6 Å². The first-order chi connectivity index (χ1) is 8.88. The number of rotatable bonds is 3. The van der Waals surface area contributed by atoms with Crippen LogP contribution in [0.3, 0.4) is 0 Å². The third-order valence-corrected chi connectivity index (χ3v) is 4.12. The fourth-order valence-electron chi connectivity index (χ4n) is 1.49. The van der Waals surface area contributed by atoms with E-state index in [2.05, 4.69) is 4.72 Å². The molecule has 0 amide bonds. The zero-order chi connectivity index (χ0) is 14.0. The smallest absolute Gasteiger partial charge is 0.263 e. The summed E-state index contributed by atoms with van der Waals surface area (Å²) in [4.78, 5) is -0.165. The summed E-state index contributed by atoms with van der Waals surface area (Å²) in [6, 6.07) is 8.15. The van der Waals surface area contributed by atoms with Gasteiger partial charge in [-0.1, -0.05) is 23.7 Å². The van der Waals surface area contributed by atoms with Crippen LogP contribution < -0.4 is 4.72 Å². The molecule has 0 atom stereocenters. The van der Waals surface area contributed by atoms with Crippen LogP contribution in [0.5, 0.6) is 0 Å². The minimum absolute atomic E-state index is 0.0203. The quantitative estimate of drug-likeness (QED) is 0.944. The Labute approximate surface area is 113 Å². The number of halogens is 3. The van der Waals surface area contributed by atoms with Crippen molar-refractivity contribution in [2.24, 2.45) is 0 Å². The SMILES string of the molecule is O=S(=O)(Nc1cc(F)cc(F)c1)c1ccccc1Cl. The van der Waals surface area contributed by atoms with Gasteiger partial charge in [-0.3, -0.25) is 4.72 Å². The van der Waals surface area contributed by atoms with Crippen molar-refractivity contribution < 1.29 is 17.2 Å². The molecule has 19 heavy (non-hydrogen) atoms. The van der Waals surface area contributed by atoms with Gasteiger partial charge in [-0.15, -0.1) is 0 Å². The minimum atomic E-state index is -3.99. The summed E-state index contributed by atoms with van der Waals surface area (Å²) < 4.78 is 52.0. The van der Waals surface area contributed by atoms with E-state index in [4.69, 9.17) is 11.6 Å². The molecule has 0 unspecified atom stereocenters. The van der Waals surface area contributed by atoms with Crippen LogP contribution in [0.15, 0.2) is 47.4 Å². The Hall–Kier alpha value is -1.66. The van der Waals surface area contributed by atoms with Crippen LogP contribution in [0.1, 0.15) is 0 Å². The molecule has 7 heteroatoms. The lowest BCUT2D eigenvalue weighted by atomic mass is 10.3.